The number of hydrogen-bond acceptors (Lipinski definition) is 3. The summed E-state index contributed by atoms with van der Waals surface area (Å²) in [7, 11) is 0. The second-order valence-electron chi connectivity index (χ2n) is 3.23. The summed E-state index contributed by atoms with van der Waals surface area (Å²) in [6.45, 7) is 6.10. The van der Waals surface area contributed by atoms with Gasteiger partial charge in [-0.25, -0.2) is 0 Å². The fraction of sp³-hybridized carbons (Fsp3) is 0.286. The van der Waals surface area contributed by atoms with E-state index in [1.807, 2.05) is 38.2 Å². The highest BCUT2D eigenvalue weighted by atomic mass is 32.1. The van der Waals surface area contributed by atoms with Crippen molar-refractivity contribution in [1.82, 2.24) is 4.98 Å². The van der Waals surface area contributed by atoms with Gasteiger partial charge in [-0.3, -0.25) is 9.78 Å². The molecule has 0 radical (unpaired) electrons. The molecule has 2 aromatic heterocycles. The molecule has 2 rings (SSSR count). The maximum absolute atomic E-state index is 10.5. The molecule has 0 aliphatic heterocycles. The van der Waals surface area contributed by atoms with Crippen LogP contribution in [0.2, 0.25) is 0 Å². The van der Waals surface area contributed by atoms with Crippen molar-refractivity contribution in [2.75, 3.05) is 0 Å². The molecule has 3 heteroatoms. The van der Waals surface area contributed by atoms with E-state index in [2.05, 4.69) is 18.0 Å². The van der Waals surface area contributed by atoms with E-state index in [1.165, 1.54) is 16.9 Å². The average molecular weight is 247 g/mol. The van der Waals surface area contributed by atoms with Gasteiger partial charge >= 0.3 is 0 Å². The molecule has 0 bridgehead atoms. The van der Waals surface area contributed by atoms with Crippen molar-refractivity contribution < 1.29 is 4.79 Å². The van der Waals surface area contributed by atoms with Crippen molar-refractivity contribution in [3.8, 4) is 10.6 Å². The van der Waals surface area contributed by atoms with Crippen molar-refractivity contribution in [1.29, 1.82) is 0 Å². The molecule has 0 spiro atoms. The molecule has 0 unspecified atom stereocenters. The van der Waals surface area contributed by atoms with Crippen molar-refractivity contribution in [2.24, 2.45) is 0 Å². The SMILES string of the molecule is CC.CCc1ccc(-c2ccc(C=O)s2)nc1. The molecule has 0 saturated heterocycles. The lowest BCUT2D eigenvalue weighted by atomic mass is 10.2. The van der Waals surface area contributed by atoms with Crippen LogP contribution in [0.15, 0.2) is 30.5 Å². The van der Waals surface area contributed by atoms with Crippen LogP contribution < -0.4 is 0 Å². The Morgan fingerprint density at radius 2 is 2.00 bits per heavy atom. The molecule has 0 aliphatic rings. The molecule has 0 N–H and O–H groups in total. The number of rotatable bonds is 3. The van der Waals surface area contributed by atoms with Gasteiger partial charge in [0.25, 0.3) is 0 Å². The predicted molar refractivity (Wildman–Crippen MR) is 73.7 cm³/mol. The highest BCUT2D eigenvalue weighted by Gasteiger charge is 2.03. The van der Waals surface area contributed by atoms with Crippen LogP contribution in [0.25, 0.3) is 10.6 Å². The van der Waals surface area contributed by atoms with Crippen LogP contribution in [0.3, 0.4) is 0 Å². The summed E-state index contributed by atoms with van der Waals surface area (Å²) < 4.78 is 0. The van der Waals surface area contributed by atoms with Crippen molar-refractivity contribution >= 4 is 17.6 Å². The molecular formula is C14H17NOS. The summed E-state index contributed by atoms with van der Waals surface area (Å²) in [5, 5.41) is 0. The lowest BCUT2D eigenvalue weighted by Gasteiger charge is -1.98. The van der Waals surface area contributed by atoms with Crippen LogP contribution in [0, 0.1) is 0 Å². The second kappa shape index (κ2) is 6.97. The molecule has 0 aliphatic carbocycles. The number of aryl methyl sites for hydroxylation is 1. The third kappa shape index (κ3) is 3.49. The highest BCUT2D eigenvalue weighted by Crippen LogP contribution is 2.25. The third-order valence-corrected chi connectivity index (χ3v) is 3.26. The first-order valence-electron chi connectivity index (χ1n) is 5.84. The Labute approximate surface area is 106 Å². The normalized spacial score (nSPS) is 9.35. The van der Waals surface area contributed by atoms with Crippen LogP contribution in [-0.2, 0) is 6.42 Å². The highest BCUT2D eigenvalue weighted by molar-refractivity contribution is 7.17. The van der Waals surface area contributed by atoms with Gasteiger partial charge < -0.3 is 0 Å². The minimum absolute atomic E-state index is 0.742. The maximum Gasteiger partial charge on any atom is 0.160 e. The summed E-state index contributed by atoms with van der Waals surface area (Å²) in [5.74, 6) is 0. The Balaban J connectivity index is 0.000000686. The predicted octanol–water partition coefficient (Wildman–Crippen LogP) is 4.21. The maximum atomic E-state index is 10.5. The standard InChI is InChI=1S/C12H11NOS.C2H6/c1-2-9-3-5-11(13-7-9)12-6-4-10(8-14)15-12;1-2/h3-8H,2H2,1H3;1-2H3. The monoisotopic (exact) mass is 247 g/mol. The topological polar surface area (TPSA) is 30.0 Å². The first-order chi connectivity index (χ1) is 8.33. The number of aromatic nitrogens is 1. The van der Waals surface area contributed by atoms with Gasteiger partial charge in [-0.05, 0) is 30.2 Å². The molecule has 0 fully saturated rings. The summed E-state index contributed by atoms with van der Waals surface area (Å²) in [6.07, 6.45) is 3.75. The molecule has 2 aromatic rings. The lowest BCUT2D eigenvalue weighted by Crippen LogP contribution is -1.84. The second-order valence-corrected chi connectivity index (χ2v) is 4.34. The Morgan fingerprint density at radius 1 is 1.24 bits per heavy atom. The van der Waals surface area contributed by atoms with E-state index >= 15 is 0 Å². The Kier molecular flexibility index (Phi) is 5.57. The van der Waals surface area contributed by atoms with E-state index in [9.17, 15) is 4.79 Å². The van der Waals surface area contributed by atoms with Crippen LogP contribution in [0.4, 0.5) is 0 Å². The third-order valence-electron chi connectivity index (χ3n) is 2.23. The first kappa shape index (κ1) is 13.6. The van der Waals surface area contributed by atoms with E-state index in [-0.39, 0.29) is 0 Å². The summed E-state index contributed by atoms with van der Waals surface area (Å²) >= 11 is 1.47. The summed E-state index contributed by atoms with van der Waals surface area (Å²) in [6, 6.07) is 7.83. The number of hydrogen-bond donors (Lipinski definition) is 0. The van der Waals surface area contributed by atoms with E-state index in [0.29, 0.717) is 0 Å². The molecule has 2 nitrogen and oxygen atoms in total. The van der Waals surface area contributed by atoms with Crippen molar-refractivity contribution in [3.63, 3.8) is 0 Å². The Bertz CT molecular complexity index is 459. The number of nitrogens with zero attached hydrogens (tertiary/aromatic N) is 1. The van der Waals surface area contributed by atoms with Gasteiger partial charge in [-0.15, -0.1) is 11.3 Å². The fourth-order valence-corrected chi connectivity index (χ4v) is 2.13. The van der Waals surface area contributed by atoms with E-state index in [4.69, 9.17) is 0 Å². The van der Waals surface area contributed by atoms with Gasteiger partial charge in [-0.2, -0.15) is 0 Å². The zero-order valence-electron chi connectivity index (χ0n) is 10.4. The van der Waals surface area contributed by atoms with Gasteiger partial charge in [0, 0.05) is 6.20 Å². The average Bonchev–Trinajstić information content (AvgIpc) is 2.90. The van der Waals surface area contributed by atoms with Crippen molar-refractivity contribution in [3.05, 3.63) is 40.9 Å². The van der Waals surface area contributed by atoms with Crippen molar-refractivity contribution in [2.45, 2.75) is 27.2 Å². The quantitative estimate of drug-likeness (QED) is 0.760. The first-order valence-corrected chi connectivity index (χ1v) is 6.65. The van der Waals surface area contributed by atoms with Crippen LogP contribution in [0.1, 0.15) is 36.0 Å². The minimum Gasteiger partial charge on any atom is -0.297 e. The summed E-state index contributed by atoms with van der Waals surface area (Å²) in [4.78, 5) is 16.7. The summed E-state index contributed by atoms with van der Waals surface area (Å²) in [5.41, 5.74) is 2.16. The Morgan fingerprint density at radius 3 is 2.47 bits per heavy atom. The fourth-order valence-electron chi connectivity index (χ4n) is 1.33. The van der Waals surface area contributed by atoms with Gasteiger partial charge in [0.05, 0.1) is 15.4 Å². The Hall–Kier alpha value is -1.48. The molecule has 0 atom stereocenters. The van der Waals surface area contributed by atoms with Gasteiger partial charge in [-0.1, -0.05) is 26.8 Å². The number of pyridine rings is 1. The van der Waals surface area contributed by atoms with E-state index in [1.54, 1.807) is 0 Å². The van der Waals surface area contributed by atoms with E-state index < -0.39 is 0 Å². The zero-order valence-corrected chi connectivity index (χ0v) is 11.3. The number of carbonyl (C=O) groups is 1. The molecule has 90 valence electrons. The number of thiophene rings is 1. The lowest BCUT2D eigenvalue weighted by molar-refractivity contribution is 0.112. The van der Waals surface area contributed by atoms with Gasteiger partial charge in [0.2, 0.25) is 0 Å². The molecule has 0 saturated carbocycles. The largest absolute Gasteiger partial charge is 0.297 e. The van der Waals surface area contributed by atoms with Crippen LogP contribution >= 0.6 is 11.3 Å². The number of aldehydes is 1. The van der Waals surface area contributed by atoms with Gasteiger partial charge in [0.1, 0.15) is 0 Å². The van der Waals surface area contributed by atoms with Crippen LogP contribution in [-0.4, -0.2) is 11.3 Å². The van der Waals surface area contributed by atoms with Gasteiger partial charge in [0.15, 0.2) is 6.29 Å². The smallest absolute Gasteiger partial charge is 0.160 e. The zero-order chi connectivity index (χ0) is 12.7. The molecule has 0 amide bonds. The molecule has 17 heavy (non-hydrogen) atoms. The van der Waals surface area contributed by atoms with Crippen LogP contribution in [0.5, 0.6) is 0 Å². The molecule has 0 aromatic carbocycles. The molecular weight excluding hydrogens is 230 g/mol. The van der Waals surface area contributed by atoms with E-state index in [0.717, 1.165) is 28.2 Å². The number of carbonyl (C=O) groups excluding carboxylic acids is 1. The molecule has 2 heterocycles. The minimum atomic E-state index is 0.742.